The summed E-state index contributed by atoms with van der Waals surface area (Å²) in [4.78, 5) is 29.5. The minimum atomic E-state index is -4.90. The highest BCUT2D eigenvalue weighted by molar-refractivity contribution is 7.78. The first kappa shape index (κ1) is 18.5. The van der Waals surface area contributed by atoms with Gasteiger partial charge in [0.15, 0.2) is 0 Å². The third-order valence-electron chi connectivity index (χ3n) is 3.29. The van der Waals surface area contributed by atoms with Crippen LogP contribution in [0.1, 0.15) is 27.0 Å². The maximum atomic E-state index is 11.6. The molecule has 0 aliphatic heterocycles. The molecule has 0 spiro atoms. The van der Waals surface area contributed by atoms with Crippen molar-refractivity contribution in [3.8, 4) is 5.75 Å². The summed E-state index contributed by atoms with van der Waals surface area (Å²) in [5.74, 6) is -0.209. The molecule has 7 nitrogen and oxygen atoms in total. The molecule has 2 aromatic rings. The fourth-order valence-electron chi connectivity index (χ4n) is 2.14. The Morgan fingerprint density at radius 3 is 2.21 bits per heavy atom. The highest BCUT2D eigenvalue weighted by Gasteiger charge is 2.27. The largest absolute Gasteiger partial charge is 0.772 e. The van der Waals surface area contributed by atoms with E-state index >= 15 is 0 Å². The van der Waals surface area contributed by atoms with Gasteiger partial charge in [-0.1, -0.05) is 35.3 Å². The smallest absolute Gasteiger partial charge is 0.396 e. The molecular formula is C15H14O7PS-. The highest BCUT2D eigenvalue weighted by atomic mass is 32.2. The zero-order valence-corrected chi connectivity index (χ0v) is 14.0. The van der Waals surface area contributed by atoms with Crippen LogP contribution in [-0.2, 0) is 27.8 Å². The number of carbonyl (C=O) groups excluding carboxylic acids is 1. The second-order valence-electron chi connectivity index (χ2n) is 5.13. The lowest BCUT2D eigenvalue weighted by molar-refractivity contribution is 0.104. The number of phenolic OH excluding ortho intramolecular Hbond substituents is 1. The fourth-order valence-corrected chi connectivity index (χ4v) is 3.08. The first-order chi connectivity index (χ1) is 11.2. The second kappa shape index (κ2) is 7.38. The zero-order chi connectivity index (χ0) is 17.9. The molecule has 2 rings (SSSR count). The summed E-state index contributed by atoms with van der Waals surface area (Å²) in [7, 11) is -4.90. The lowest BCUT2D eigenvalue weighted by Crippen LogP contribution is -2.01. The van der Waals surface area contributed by atoms with E-state index in [9.17, 15) is 23.2 Å². The van der Waals surface area contributed by atoms with Gasteiger partial charge in [-0.3, -0.25) is 13.6 Å². The van der Waals surface area contributed by atoms with Gasteiger partial charge in [-0.25, -0.2) is 0 Å². The Labute approximate surface area is 140 Å². The van der Waals surface area contributed by atoms with E-state index in [1.807, 2.05) is 0 Å². The molecule has 0 saturated heterocycles. The number of hydrogen-bond acceptors (Lipinski definition) is 5. The number of rotatable bonds is 6. The van der Waals surface area contributed by atoms with Crippen molar-refractivity contribution in [2.75, 3.05) is 0 Å². The molecule has 0 fully saturated rings. The van der Waals surface area contributed by atoms with Crippen molar-refractivity contribution >= 4 is 24.2 Å². The van der Waals surface area contributed by atoms with Crippen LogP contribution in [0.2, 0.25) is 0 Å². The predicted molar refractivity (Wildman–Crippen MR) is 86.4 cm³/mol. The van der Waals surface area contributed by atoms with Crippen LogP contribution in [0.5, 0.6) is 5.75 Å². The van der Waals surface area contributed by atoms with Gasteiger partial charge >= 0.3 is 7.60 Å². The topological polar surface area (TPSA) is 135 Å². The molecule has 9 heteroatoms. The number of benzene rings is 2. The van der Waals surface area contributed by atoms with E-state index in [0.717, 1.165) is 11.6 Å². The van der Waals surface area contributed by atoms with Crippen LogP contribution in [0.15, 0.2) is 42.5 Å². The minimum absolute atomic E-state index is 0.0994. The van der Waals surface area contributed by atoms with Gasteiger partial charge in [-0.15, -0.1) is 0 Å². The summed E-state index contributed by atoms with van der Waals surface area (Å²) in [6, 6.07) is 10.2. The normalized spacial score (nSPS) is 12.8. The molecule has 3 N–H and O–H groups in total. The third-order valence-corrected chi connectivity index (χ3v) is 4.65. The standard InChI is InChI=1S/C15H15O7PS/c16-14-6-5-12(15(17)23(18,19)20)8-13(14)7-10-1-3-11(4-2-10)9-24(21)22/h1-6,8,16H,7,9H2,(H,21,22)(H2,18,19,20)/p-1. The molecule has 128 valence electrons. The van der Waals surface area contributed by atoms with Gasteiger partial charge in [0.05, 0.1) is 0 Å². The molecule has 0 aromatic heterocycles. The molecule has 0 bridgehead atoms. The lowest BCUT2D eigenvalue weighted by atomic mass is 10.0. The van der Waals surface area contributed by atoms with Gasteiger partial charge in [0.1, 0.15) is 5.75 Å². The molecule has 0 amide bonds. The number of hydrogen-bond donors (Lipinski definition) is 3. The number of carbonyl (C=O) groups is 1. The molecule has 0 aliphatic carbocycles. The van der Waals surface area contributed by atoms with Crippen LogP contribution in [0.25, 0.3) is 0 Å². The van der Waals surface area contributed by atoms with Crippen molar-refractivity contribution in [1.82, 2.24) is 0 Å². The van der Waals surface area contributed by atoms with Crippen molar-refractivity contribution in [3.05, 3.63) is 64.7 Å². The summed E-state index contributed by atoms with van der Waals surface area (Å²) < 4.78 is 32.3. The van der Waals surface area contributed by atoms with E-state index < -0.39 is 24.2 Å². The van der Waals surface area contributed by atoms with Gasteiger partial charge in [-0.05, 0) is 34.9 Å². The summed E-state index contributed by atoms with van der Waals surface area (Å²) in [6.07, 6.45) is 0.217. The highest BCUT2D eigenvalue weighted by Crippen LogP contribution is 2.39. The Balaban J connectivity index is 2.24. The zero-order valence-electron chi connectivity index (χ0n) is 12.3. The molecule has 24 heavy (non-hydrogen) atoms. The van der Waals surface area contributed by atoms with Crippen LogP contribution < -0.4 is 0 Å². The quantitative estimate of drug-likeness (QED) is 0.521. The molecule has 1 atom stereocenters. The number of aromatic hydroxyl groups is 1. The van der Waals surface area contributed by atoms with E-state index in [0.29, 0.717) is 11.1 Å². The Morgan fingerprint density at radius 1 is 1.08 bits per heavy atom. The van der Waals surface area contributed by atoms with E-state index in [-0.39, 0.29) is 23.5 Å². The first-order valence-corrected chi connectivity index (χ1v) is 9.58. The Morgan fingerprint density at radius 2 is 1.67 bits per heavy atom. The molecule has 0 saturated carbocycles. The molecule has 2 aromatic carbocycles. The monoisotopic (exact) mass is 369 g/mol. The molecule has 1 unspecified atom stereocenters. The molecular weight excluding hydrogens is 355 g/mol. The van der Waals surface area contributed by atoms with Crippen LogP contribution in [-0.4, -0.2) is 29.2 Å². The van der Waals surface area contributed by atoms with Crippen molar-refractivity contribution in [1.29, 1.82) is 0 Å². The van der Waals surface area contributed by atoms with Crippen LogP contribution in [0.4, 0.5) is 0 Å². The minimum Gasteiger partial charge on any atom is -0.772 e. The van der Waals surface area contributed by atoms with Gasteiger partial charge in [-0.2, -0.15) is 0 Å². The maximum Gasteiger partial charge on any atom is 0.396 e. The van der Waals surface area contributed by atoms with Crippen molar-refractivity contribution in [2.24, 2.45) is 0 Å². The van der Waals surface area contributed by atoms with Gasteiger partial charge in [0.2, 0.25) is 0 Å². The van der Waals surface area contributed by atoms with E-state index in [4.69, 9.17) is 9.79 Å². The average Bonchev–Trinajstić information content (AvgIpc) is 2.49. The van der Waals surface area contributed by atoms with E-state index in [1.54, 1.807) is 24.3 Å². The molecule has 0 aliphatic rings. The van der Waals surface area contributed by atoms with Crippen molar-refractivity contribution < 1.29 is 33.0 Å². The number of phenols is 1. The SMILES string of the molecule is O=C(c1ccc(O)c(Cc2ccc(CS(=O)[O-])cc2)c1)P(=O)(O)O. The third kappa shape index (κ3) is 4.83. The maximum absolute atomic E-state index is 11.6. The van der Waals surface area contributed by atoms with Gasteiger partial charge < -0.3 is 19.4 Å². The van der Waals surface area contributed by atoms with Gasteiger partial charge in [0.25, 0.3) is 5.52 Å². The predicted octanol–water partition coefficient (Wildman–Crippen LogP) is 1.68. The Bertz CT molecular complexity index is 826. The Hall–Kier alpha value is -1.83. The average molecular weight is 369 g/mol. The Kier molecular flexibility index (Phi) is 5.69. The summed E-state index contributed by atoms with van der Waals surface area (Å²) in [5.41, 5.74) is 0.189. The summed E-state index contributed by atoms with van der Waals surface area (Å²) in [6.45, 7) is 0. The van der Waals surface area contributed by atoms with Crippen molar-refractivity contribution in [2.45, 2.75) is 12.2 Å². The van der Waals surface area contributed by atoms with Gasteiger partial charge in [0, 0.05) is 17.7 Å². The van der Waals surface area contributed by atoms with E-state index in [2.05, 4.69) is 0 Å². The van der Waals surface area contributed by atoms with Crippen LogP contribution in [0, 0.1) is 0 Å². The fraction of sp³-hybridized carbons (Fsp3) is 0.133. The lowest BCUT2D eigenvalue weighted by Gasteiger charge is -2.09. The van der Waals surface area contributed by atoms with E-state index in [1.165, 1.54) is 12.1 Å². The van der Waals surface area contributed by atoms with Crippen LogP contribution >= 0.6 is 7.60 Å². The summed E-state index contributed by atoms with van der Waals surface area (Å²) >= 11 is -2.18. The molecule has 0 heterocycles. The summed E-state index contributed by atoms with van der Waals surface area (Å²) in [5, 5.41) is 9.87. The van der Waals surface area contributed by atoms with Crippen molar-refractivity contribution in [3.63, 3.8) is 0 Å². The molecule has 0 radical (unpaired) electrons. The first-order valence-electron chi connectivity index (χ1n) is 6.73. The second-order valence-corrected chi connectivity index (χ2v) is 7.52. The van der Waals surface area contributed by atoms with Crippen LogP contribution in [0.3, 0.4) is 0 Å².